The molecule has 3 rings (SSSR count). The number of anilines is 2. The Hall–Kier alpha value is -2.77. The van der Waals surface area contributed by atoms with Crippen LogP contribution in [0.1, 0.15) is 0 Å². The van der Waals surface area contributed by atoms with Crippen LogP contribution in [0.2, 0.25) is 0 Å². The fourth-order valence-electron chi connectivity index (χ4n) is 1.13. The number of nitrogens with two attached hydrogens (primary N) is 2. The maximum Gasteiger partial charge on any atom is 0.224 e. The fourth-order valence-corrected chi connectivity index (χ4v) is 1.13. The molecular weight excluding hydrogens is 220 g/mol. The molecule has 0 atom stereocenters. The minimum atomic E-state index is 0.141. The second-order valence-electron chi connectivity index (χ2n) is 2.97. The van der Waals surface area contributed by atoms with Crippen molar-refractivity contribution < 1.29 is 0 Å². The molecule has 8 heteroatoms. The minimum absolute atomic E-state index is 0.141. The summed E-state index contributed by atoms with van der Waals surface area (Å²) in [5, 5.41) is 0. The van der Waals surface area contributed by atoms with Gasteiger partial charge < -0.3 is 16.5 Å². The molecule has 0 bridgehead atoms. The molecule has 0 spiro atoms. The van der Waals surface area contributed by atoms with Crippen LogP contribution in [0.25, 0.3) is 11.2 Å². The quantitative estimate of drug-likeness (QED) is 0.494. The topological polar surface area (TPSA) is 132 Å². The number of nitrogen functional groups attached to an aromatic ring is 2. The third-order valence-corrected chi connectivity index (χ3v) is 1.81. The molecule has 0 saturated heterocycles. The highest BCUT2D eigenvalue weighted by Gasteiger charge is 2.03. The van der Waals surface area contributed by atoms with Gasteiger partial charge in [-0.05, 0) is 6.07 Å². The number of hydrogen-bond acceptors (Lipinski definition) is 7. The predicted molar refractivity (Wildman–Crippen MR) is 62.5 cm³/mol. The van der Waals surface area contributed by atoms with Crippen LogP contribution in [0.15, 0.2) is 31.1 Å². The predicted octanol–water partition coefficient (Wildman–Crippen LogP) is -0.00610. The fraction of sp³-hybridized carbons (Fsp3) is 0. The molecule has 0 unspecified atom stereocenters. The summed E-state index contributed by atoms with van der Waals surface area (Å²) in [6.07, 6.45) is 6.37. The zero-order valence-electron chi connectivity index (χ0n) is 8.78. The first-order valence-electron chi connectivity index (χ1n) is 4.69. The van der Waals surface area contributed by atoms with Gasteiger partial charge in [0.05, 0.1) is 6.33 Å². The SMILES string of the molecule is Nc1nc(N)c2[nH]cnc2n1.c1cncnc1. The van der Waals surface area contributed by atoms with E-state index in [-0.39, 0.29) is 5.95 Å². The van der Waals surface area contributed by atoms with Crippen LogP contribution in [0, 0.1) is 0 Å². The number of H-pyrrole nitrogens is 1. The Balaban J connectivity index is 0.000000153. The Bertz CT molecular complexity index is 564. The lowest BCUT2D eigenvalue weighted by atomic mass is 10.5. The summed E-state index contributed by atoms with van der Waals surface area (Å²) in [6, 6.07) is 1.78. The van der Waals surface area contributed by atoms with Crippen LogP contribution < -0.4 is 11.5 Å². The summed E-state index contributed by atoms with van der Waals surface area (Å²) in [7, 11) is 0. The number of imidazole rings is 1. The van der Waals surface area contributed by atoms with Crippen LogP contribution in [0.3, 0.4) is 0 Å². The van der Waals surface area contributed by atoms with E-state index in [1.165, 1.54) is 12.7 Å². The molecule has 8 nitrogen and oxygen atoms in total. The van der Waals surface area contributed by atoms with Crippen molar-refractivity contribution in [1.82, 2.24) is 29.9 Å². The number of rotatable bonds is 0. The third-order valence-electron chi connectivity index (χ3n) is 1.81. The summed E-state index contributed by atoms with van der Waals surface area (Å²) in [5.41, 5.74) is 11.9. The lowest BCUT2D eigenvalue weighted by Gasteiger charge is -1.94. The van der Waals surface area contributed by atoms with Gasteiger partial charge in [-0.2, -0.15) is 9.97 Å². The van der Waals surface area contributed by atoms with Crippen molar-refractivity contribution in [2.45, 2.75) is 0 Å². The smallest absolute Gasteiger partial charge is 0.224 e. The highest BCUT2D eigenvalue weighted by atomic mass is 15.1. The van der Waals surface area contributed by atoms with Gasteiger partial charge in [0, 0.05) is 12.4 Å². The van der Waals surface area contributed by atoms with Gasteiger partial charge in [0.15, 0.2) is 11.5 Å². The van der Waals surface area contributed by atoms with Crippen LogP contribution in [-0.4, -0.2) is 29.9 Å². The van der Waals surface area contributed by atoms with E-state index in [0.717, 1.165) is 0 Å². The molecule has 0 radical (unpaired) electrons. The second kappa shape index (κ2) is 4.84. The lowest BCUT2D eigenvalue weighted by molar-refractivity contribution is 1.17. The molecule has 0 amide bonds. The summed E-state index contributed by atoms with van der Waals surface area (Å²) in [4.78, 5) is 21.6. The average Bonchev–Trinajstić information content (AvgIpc) is 2.80. The summed E-state index contributed by atoms with van der Waals surface area (Å²) in [6.45, 7) is 0. The zero-order chi connectivity index (χ0) is 12.1. The molecule has 0 aliphatic heterocycles. The molecule has 0 aliphatic rings. The second-order valence-corrected chi connectivity index (χ2v) is 2.97. The van der Waals surface area contributed by atoms with E-state index < -0.39 is 0 Å². The normalized spacial score (nSPS) is 9.65. The molecular formula is C9H10N8. The number of nitrogens with one attached hydrogen (secondary N) is 1. The standard InChI is InChI=1S/C5H6N6.C4H4N2/c6-3-2-4(9-1-8-2)11-5(7)10-3;1-2-5-4-6-3-1/h1H,(H5,6,7,8,9,10,11);1-4H. The van der Waals surface area contributed by atoms with Gasteiger partial charge in [-0.3, -0.25) is 0 Å². The molecule has 0 saturated carbocycles. The number of hydrogen-bond donors (Lipinski definition) is 3. The van der Waals surface area contributed by atoms with E-state index in [4.69, 9.17) is 11.5 Å². The highest BCUT2D eigenvalue weighted by Crippen LogP contribution is 2.12. The summed E-state index contributed by atoms with van der Waals surface area (Å²) in [5.74, 6) is 0.465. The minimum Gasteiger partial charge on any atom is -0.382 e. The van der Waals surface area contributed by atoms with E-state index in [1.54, 1.807) is 18.5 Å². The molecule has 5 N–H and O–H groups in total. The van der Waals surface area contributed by atoms with Crippen molar-refractivity contribution in [2.75, 3.05) is 11.5 Å². The molecule has 0 aliphatic carbocycles. The first kappa shape index (κ1) is 10.7. The number of nitrogens with zero attached hydrogens (tertiary/aromatic N) is 5. The van der Waals surface area contributed by atoms with Crippen LogP contribution in [-0.2, 0) is 0 Å². The molecule has 3 aromatic heterocycles. The maximum absolute atomic E-state index is 5.50. The van der Waals surface area contributed by atoms with Crippen molar-refractivity contribution in [2.24, 2.45) is 0 Å². The number of fused-ring (bicyclic) bond motifs is 1. The van der Waals surface area contributed by atoms with E-state index in [1.807, 2.05) is 0 Å². The van der Waals surface area contributed by atoms with Crippen molar-refractivity contribution in [3.05, 3.63) is 31.1 Å². The van der Waals surface area contributed by atoms with Gasteiger partial charge in [0.1, 0.15) is 11.8 Å². The van der Waals surface area contributed by atoms with Crippen LogP contribution in [0.5, 0.6) is 0 Å². The Labute approximate surface area is 96.2 Å². The van der Waals surface area contributed by atoms with Crippen LogP contribution in [0.4, 0.5) is 11.8 Å². The van der Waals surface area contributed by atoms with Gasteiger partial charge in [-0.15, -0.1) is 0 Å². The van der Waals surface area contributed by atoms with Gasteiger partial charge in [0.2, 0.25) is 5.95 Å². The van der Waals surface area contributed by atoms with E-state index in [9.17, 15) is 0 Å². The first-order valence-corrected chi connectivity index (χ1v) is 4.69. The van der Waals surface area contributed by atoms with Gasteiger partial charge >= 0.3 is 0 Å². The number of aromatic nitrogens is 6. The third kappa shape index (κ3) is 2.62. The summed E-state index contributed by atoms with van der Waals surface area (Å²) < 4.78 is 0. The van der Waals surface area contributed by atoms with Gasteiger partial charge in [0.25, 0.3) is 0 Å². The summed E-state index contributed by atoms with van der Waals surface area (Å²) >= 11 is 0. The van der Waals surface area contributed by atoms with E-state index >= 15 is 0 Å². The molecule has 86 valence electrons. The van der Waals surface area contributed by atoms with Crippen molar-refractivity contribution in [1.29, 1.82) is 0 Å². The maximum atomic E-state index is 5.50. The Morgan fingerprint density at radius 3 is 2.41 bits per heavy atom. The molecule has 3 heterocycles. The molecule has 0 fully saturated rings. The largest absolute Gasteiger partial charge is 0.382 e. The molecule has 0 aromatic carbocycles. The number of aromatic amines is 1. The van der Waals surface area contributed by atoms with E-state index in [0.29, 0.717) is 17.0 Å². The van der Waals surface area contributed by atoms with Crippen molar-refractivity contribution in [3.8, 4) is 0 Å². The Morgan fingerprint density at radius 2 is 1.82 bits per heavy atom. The Kier molecular flexibility index (Phi) is 3.05. The first-order chi connectivity index (χ1) is 8.27. The van der Waals surface area contributed by atoms with E-state index in [2.05, 4.69) is 29.9 Å². The van der Waals surface area contributed by atoms with Crippen molar-refractivity contribution in [3.63, 3.8) is 0 Å². The average molecular weight is 230 g/mol. The van der Waals surface area contributed by atoms with Crippen LogP contribution >= 0.6 is 0 Å². The Morgan fingerprint density at radius 1 is 1.06 bits per heavy atom. The highest BCUT2D eigenvalue weighted by molar-refractivity contribution is 5.81. The lowest BCUT2D eigenvalue weighted by Crippen LogP contribution is -1.99. The van der Waals surface area contributed by atoms with Gasteiger partial charge in [-0.1, -0.05) is 0 Å². The molecule has 17 heavy (non-hydrogen) atoms. The molecule has 3 aromatic rings. The zero-order valence-corrected chi connectivity index (χ0v) is 8.78. The van der Waals surface area contributed by atoms with Gasteiger partial charge in [-0.25, -0.2) is 15.0 Å². The van der Waals surface area contributed by atoms with Crippen molar-refractivity contribution >= 4 is 22.9 Å². The monoisotopic (exact) mass is 230 g/mol.